The van der Waals surface area contributed by atoms with Crippen molar-refractivity contribution in [3.63, 3.8) is 0 Å². The molecule has 1 heterocycles. The topological polar surface area (TPSA) is 130 Å². The van der Waals surface area contributed by atoms with E-state index in [-0.39, 0.29) is 37.3 Å². The summed E-state index contributed by atoms with van der Waals surface area (Å²) in [5.74, 6) is -0.946. The average Bonchev–Trinajstić information content (AvgIpc) is 3.23. The molecule has 0 unspecified atom stereocenters. The molecule has 1 atom stereocenters. The maximum absolute atomic E-state index is 12.8. The van der Waals surface area contributed by atoms with E-state index in [1.54, 1.807) is 30.3 Å². The molecule has 0 aliphatic carbocycles. The second-order valence-corrected chi connectivity index (χ2v) is 9.98. The second-order valence-electron chi connectivity index (χ2n) is 6.74. The van der Waals surface area contributed by atoms with Crippen LogP contribution in [0.25, 0.3) is 0 Å². The molecule has 12 heteroatoms. The van der Waals surface area contributed by atoms with Crippen molar-refractivity contribution < 1.29 is 18.0 Å². The maximum atomic E-state index is 12.8. The molecular weight excluding hydrogens is 474 g/mol. The Hall–Kier alpha value is -3.02. The van der Waals surface area contributed by atoms with Crippen LogP contribution in [0.1, 0.15) is 41.0 Å². The molecular formula is C20H20ClN5O4S2. The molecule has 2 aromatic carbocycles. The van der Waals surface area contributed by atoms with E-state index >= 15 is 0 Å². The van der Waals surface area contributed by atoms with Gasteiger partial charge >= 0.3 is 0 Å². The van der Waals surface area contributed by atoms with Crippen molar-refractivity contribution in [1.29, 1.82) is 0 Å². The van der Waals surface area contributed by atoms with Crippen molar-refractivity contribution in [2.45, 2.75) is 30.6 Å². The molecule has 3 N–H and O–H groups in total. The van der Waals surface area contributed by atoms with Crippen LogP contribution in [0.15, 0.2) is 52.9 Å². The van der Waals surface area contributed by atoms with Gasteiger partial charge in [0.2, 0.25) is 5.13 Å². The number of nitrogens with zero attached hydrogens (tertiary/aromatic N) is 2. The van der Waals surface area contributed by atoms with E-state index in [2.05, 4.69) is 25.6 Å². The Morgan fingerprint density at radius 1 is 1.03 bits per heavy atom. The predicted octanol–water partition coefficient (Wildman–Crippen LogP) is 3.77. The summed E-state index contributed by atoms with van der Waals surface area (Å²) in [7, 11) is -4.15. The fourth-order valence-electron chi connectivity index (χ4n) is 2.54. The first kappa shape index (κ1) is 23.6. The van der Waals surface area contributed by atoms with Crippen LogP contribution in [0, 0.1) is 0 Å². The van der Waals surface area contributed by atoms with Crippen LogP contribution in [0.2, 0.25) is 5.02 Å². The van der Waals surface area contributed by atoms with Gasteiger partial charge < -0.3 is 5.32 Å². The number of carbonyl (C=O) groups is 2. The lowest BCUT2D eigenvalue weighted by molar-refractivity contribution is 0.0939. The SMILES string of the molecule is CC[C@H](C)NC(=O)c1ccccc1NS(=O)(=O)c1nnc(NC(=O)c2ccccc2Cl)s1. The van der Waals surface area contributed by atoms with Crippen LogP contribution in [0.4, 0.5) is 10.8 Å². The average molecular weight is 494 g/mol. The molecule has 9 nitrogen and oxygen atoms in total. The highest BCUT2D eigenvalue weighted by atomic mass is 35.5. The number of nitrogens with one attached hydrogen (secondary N) is 3. The molecule has 0 spiro atoms. The van der Waals surface area contributed by atoms with Gasteiger partial charge in [-0.2, -0.15) is 8.42 Å². The van der Waals surface area contributed by atoms with Gasteiger partial charge in [0, 0.05) is 6.04 Å². The number of benzene rings is 2. The number of rotatable bonds is 8. The van der Waals surface area contributed by atoms with Gasteiger partial charge in [-0.3, -0.25) is 19.6 Å². The first-order chi connectivity index (χ1) is 15.2. The molecule has 0 aliphatic rings. The third kappa shape index (κ3) is 5.61. The van der Waals surface area contributed by atoms with Crippen molar-refractivity contribution >= 4 is 55.6 Å². The second kappa shape index (κ2) is 10.1. The zero-order valence-corrected chi connectivity index (χ0v) is 19.5. The highest BCUT2D eigenvalue weighted by molar-refractivity contribution is 7.94. The number of aromatic nitrogens is 2. The van der Waals surface area contributed by atoms with Gasteiger partial charge in [-0.15, -0.1) is 10.2 Å². The predicted molar refractivity (Wildman–Crippen MR) is 124 cm³/mol. The fraction of sp³-hybridized carbons (Fsp3) is 0.200. The summed E-state index contributed by atoms with van der Waals surface area (Å²) >= 11 is 6.67. The van der Waals surface area contributed by atoms with E-state index in [0.717, 1.165) is 6.42 Å². The lowest BCUT2D eigenvalue weighted by atomic mass is 10.1. The molecule has 0 aliphatic heterocycles. The first-order valence-corrected chi connectivity index (χ1v) is 12.2. The Balaban J connectivity index is 1.78. The van der Waals surface area contributed by atoms with Gasteiger partial charge in [0.25, 0.3) is 26.2 Å². The molecule has 168 valence electrons. The van der Waals surface area contributed by atoms with E-state index in [9.17, 15) is 18.0 Å². The van der Waals surface area contributed by atoms with Crippen LogP contribution in [0.3, 0.4) is 0 Å². The summed E-state index contributed by atoms with van der Waals surface area (Å²) in [6.07, 6.45) is 0.729. The van der Waals surface area contributed by atoms with E-state index in [1.807, 2.05) is 13.8 Å². The van der Waals surface area contributed by atoms with E-state index < -0.39 is 21.8 Å². The number of halogens is 1. The number of hydrogen-bond donors (Lipinski definition) is 3. The Morgan fingerprint density at radius 2 is 1.69 bits per heavy atom. The molecule has 0 bridgehead atoms. The minimum atomic E-state index is -4.15. The summed E-state index contributed by atoms with van der Waals surface area (Å²) in [6, 6.07) is 12.6. The van der Waals surface area contributed by atoms with Gasteiger partial charge in [-0.1, -0.05) is 54.1 Å². The summed E-state index contributed by atoms with van der Waals surface area (Å²) in [5.41, 5.74) is 0.492. The smallest absolute Gasteiger partial charge is 0.291 e. The zero-order valence-electron chi connectivity index (χ0n) is 17.1. The van der Waals surface area contributed by atoms with Crippen molar-refractivity contribution in [2.75, 3.05) is 10.0 Å². The number of carbonyl (C=O) groups excluding carboxylic acids is 2. The largest absolute Gasteiger partial charge is 0.350 e. The molecule has 0 radical (unpaired) electrons. The van der Waals surface area contributed by atoms with E-state index in [4.69, 9.17) is 11.6 Å². The zero-order chi connectivity index (χ0) is 23.3. The summed E-state index contributed by atoms with van der Waals surface area (Å²) < 4.78 is 27.6. The molecule has 1 aromatic heterocycles. The maximum Gasteiger partial charge on any atom is 0.291 e. The van der Waals surface area contributed by atoms with Crippen LogP contribution < -0.4 is 15.4 Å². The van der Waals surface area contributed by atoms with Crippen molar-refractivity contribution in [3.8, 4) is 0 Å². The van der Waals surface area contributed by atoms with E-state index in [0.29, 0.717) is 11.3 Å². The van der Waals surface area contributed by atoms with Crippen LogP contribution in [-0.2, 0) is 10.0 Å². The number of para-hydroxylation sites is 1. The van der Waals surface area contributed by atoms with Crippen molar-refractivity contribution in [2.24, 2.45) is 0 Å². The molecule has 32 heavy (non-hydrogen) atoms. The molecule has 3 rings (SSSR count). The third-order valence-electron chi connectivity index (χ3n) is 4.38. The quantitative estimate of drug-likeness (QED) is 0.409. The molecule has 0 saturated heterocycles. The molecule has 3 aromatic rings. The Bertz CT molecular complexity index is 1250. The molecule has 2 amide bonds. The highest BCUT2D eigenvalue weighted by Gasteiger charge is 2.24. The van der Waals surface area contributed by atoms with Gasteiger partial charge in [-0.05, 0) is 37.6 Å². The minimum Gasteiger partial charge on any atom is -0.350 e. The molecule has 0 fully saturated rings. The van der Waals surface area contributed by atoms with Gasteiger partial charge in [0.1, 0.15) is 0 Å². The Kier molecular flexibility index (Phi) is 7.44. The monoisotopic (exact) mass is 493 g/mol. The number of hydrogen-bond acceptors (Lipinski definition) is 7. The van der Waals surface area contributed by atoms with Crippen LogP contribution in [-0.4, -0.2) is 36.5 Å². The summed E-state index contributed by atoms with van der Waals surface area (Å²) in [4.78, 5) is 24.9. The van der Waals surface area contributed by atoms with Crippen LogP contribution >= 0.6 is 22.9 Å². The third-order valence-corrected chi connectivity index (χ3v) is 7.28. The Morgan fingerprint density at radius 3 is 2.38 bits per heavy atom. The van der Waals surface area contributed by atoms with Gasteiger partial charge in [0.15, 0.2) is 0 Å². The summed E-state index contributed by atoms with van der Waals surface area (Å²) in [5, 5.41) is 12.9. The first-order valence-electron chi connectivity index (χ1n) is 9.53. The minimum absolute atomic E-state index is 0.0157. The highest BCUT2D eigenvalue weighted by Crippen LogP contribution is 2.25. The number of amides is 2. The van der Waals surface area contributed by atoms with Gasteiger partial charge in [-0.25, -0.2) is 0 Å². The standard InChI is InChI=1S/C20H20ClN5O4S2/c1-3-12(2)22-18(28)14-9-5-7-11-16(14)26-32(29,30)20-25-24-19(31-20)23-17(27)13-8-4-6-10-15(13)21/h4-12,26H,3H2,1-2H3,(H,22,28)(H,23,24,27)/t12-/m0/s1. The molecule has 0 saturated carbocycles. The van der Waals surface area contributed by atoms with Crippen LogP contribution in [0.5, 0.6) is 0 Å². The number of anilines is 2. The Labute approximate surface area is 194 Å². The summed E-state index contributed by atoms with van der Waals surface area (Å²) in [6.45, 7) is 3.78. The lowest BCUT2D eigenvalue weighted by Crippen LogP contribution is -2.32. The lowest BCUT2D eigenvalue weighted by Gasteiger charge is -2.14. The normalized spacial score (nSPS) is 12.1. The van der Waals surface area contributed by atoms with Gasteiger partial charge in [0.05, 0.1) is 21.8 Å². The van der Waals surface area contributed by atoms with Crippen molar-refractivity contribution in [3.05, 3.63) is 64.7 Å². The van der Waals surface area contributed by atoms with E-state index in [1.165, 1.54) is 18.2 Å². The number of sulfonamides is 1. The van der Waals surface area contributed by atoms with Crippen molar-refractivity contribution in [1.82, 2.24) is 15.5 Å². The fourth-order valence-corrected chi connectivity index (χ4v) is 4.74.